The van der Waals surface area contributed by atoms with Crippen molar-refractivity contribution in [2.45, 2.75) is 40.7 Å². The number of hydrazine groups is 1. The van der Waals surface area contributed by atoms with Gasteiger partial charge >= 0.3 is 0 Å². The van der Waals surface area contributed by atoms with Crippen LogP contribution < -0.4 is 5.43 Å². The van der Waals surface area contributed by atoms with Crippen LogP contribution in [0.25, 0.3) is 0 Å². The van der Waals surface area contributed by atoms with E-state index in [-0.39, 0.29) is 5.41 Å². The molecular weight excluding hydrogens is 172 g/mol. The normalized spacial score (nSPS) is 25.3. The van der Waals surface area contributed by atoms with Crippen LogP contribution in [0, 0.1) is 5.41 Å². The van der Waals surface area contributed by atoms with Gasteiger partial charge in [-0.2, -0.15) is 0 Å². The molecule has 1 aliphatic heterocycles. The van der Waals surface area contributed by atoms with Gasteiger partial charge in [0.15, 0.2) is 0 Å². The predicted molar refractivity (Wildman–Crippen MR) is 61.7 cm³/mol. The van der Waals surface area contributed by atoms with E-state index in [1.54, 1.807) is 0 Å². The van der Waals surface area contributed by atoms with E-state index in [0.717, 1.165) is 5.70 Å². The Morgan fingerprint density at radius 1 is 1.29 bits per heavy atom. The van der Waals surface area contributed by atoms with Crippen molar-refractivity contribution in [2.75, 3.05) is 7.05 Å². The van der Waals surface area contributed by atoms with Crippen LogP contribution in [0.2, 0.25) is 0 Å². The molecule has 14 heavy (non-hydrogen) atoms. The molecular formula is C12H22N2. The molecule has 0 spiro atoms. The van der Waals surface area contributed by atoms with Crippen molar-refractivity contribution in [3.8, 4) is 0 Å². The Morgan fingerprint density at radius 3 is 2.21 bits per heavy atom. The van der Waals surface area contributed by atoms with E-state index in [1.807, 2.05) is 0 Å². The topological polar surface area (TPSA) is 15.3 Å². The standard InChI is InChI=1S/C12H22N2/c1-8-9(2)11(12(4,5)6)14(7)13-10(8)3/h11,13H,3H2,1-2,4-7H3. The van der Waals surface area contributed by atoms with E-state index in [0.29, 0.717) is 6.04 Å². The molecule has 2 nitrogen and oxygen atoms in total. The van der Waals surface area contributed by atoms with Crippen molar-refractivity contribution in [3.05, 3.63) is 23.4 Å². The molecule has 1 atom stereocenters. The summed E-state index contributed by atoms with van der Waals surface area (Å²) in [5, 5.41) is 2.16. The van der Waals surface area contributed by atoms with Gasteiger partial charge in [-0.05, 0) is 30.4 Å². The van der Waals surface area contributed by atoms with Gasteiger partial charge in [-0.15, -0.1) is 0 Å². The Bertz CT molecular complexity index is 281. The van der Waals surface area contributed by atoms with Crippen LogP contribution in [-0.4, -0.2) is 18.1 Å². The zero-order valence-corrected chi connectivity index (χ0v) is 10.2. The minimum absolute atomic E-state index is 0.244. The lowest BCUT2D eigenvalue weighted by atomic mass is 9.79. The van der Waals surface area contributed by atoms with E-state index in [2.05, 4.69) is 58.7 Å². The maximum absolute atomic E-state index is 4.00. The molecule has 0 aliphatic carbocycles. The second-order valence-corrected chi connectivity index (χ2v) is 5.28. The monoisotopic (exact) mass is 194 g/mol. The van der Waals surface area contributed by atoms with Crippen molar-refractivity contribution < 1.29 is 0 Å². The fourth-order valence-electron chi connectivity index (χ4n) is 2.33. The largest absolute Gasteiger partial charge is 0.319 e. The highest BCUT2D eigenvalue weighted by atomic mass is 15.5. The van der Waals surface area contributed by atoms with Crippen LogP contribution in [0.3, 0.4) is 0 Å². The summed E-state index contributed by atoms with van der Waals surface area (Å²) in [5.41, 5.74) is 7.27. The highest BCUT2D eigenvalue weighted by Gasteiger charge is 2.33. The second kappa shape index (κ2) is 3.43. The zero-order chi connectivity index (χ0) is 11.1. The number of allylic oxidation sites excluding steroid dienone is 1. The summed E-state index contributed by atoms with van der Waals surface area (Å²) < 4.78 is 0. The molecule has 1 rings (SSSR count). The first-order valence-electron chi connectivity index (χ1n) is 5.11. The molecule has 2 heteroatoms. The highest BCUT2D eigenvalue weighted by Crippen LogP contribution is 2.33. The number of nitrogens with zero attached hydrogens (tertiary/aromatic N) is 1. The fraction of sp³-hybridized carbons (Fsp3) is 0.667. The molecule has 0 radical (unpaired) electrons. The molecule has 1 heterocycles. The Morgan fingerprint density at radius 2 is 1.79 bits per heavy atom. The predicted octanol–water partition coefficient (Wildman–Crippen LogP) is 2.70. The van der Waals surface area contributed by atoms with Gasteiger partial charge in [0.1, 0.15) is 0 Å². The third-order valence-electron chi connectivity index (χ3n) is 2.97. The number of hydrogen-bond donors (Lipinski definition) is 1. The molecule has 80 valence electrons. The molecule has 1 unspecified atom stereocenters. The SMILES string of the molecule is C=C1NN(C)C(C(C)(C)C)C(C)=C1C. The summed E-state index contributed by atoms with van der Waals surface area (Å²) in [6.45, 7) is 15.1. The van der Waals surface area contributed by atoms with E-state index < -0.39 is 0 Å². The summed E-state index contributed by atoms with van der Waals surface area (Å²) in [4.78, 5) is 0. The lowest BCUT2D eigenvalue weighted by Crippen LogP contribution is -2.52. The molecule has 0 aromatic heterocycles. The minimum Gasteiger partial charge on any atom is -0.319 e. The smallest absolute Gasteiger partial charge is 0.0549 e. The van der Waals surface area contributed by atoms with Crippen molar-refractivity contribution in [3.63, 3.8) is 0 Å². The third-order valence-corrected chi connectivity index (χ3v) is 2.97. The fourth-order valence-corrected chi connectivity index (χ4v) is 2.33. The molecule has 0 fully saturated rings. The molecule has 0 saturated carbocycles. The number of rotatable bonds is 0. The highest BCUT2D eigenvalue weighted by molar-refractivity contribution is 5.35. The molecule has 1 aliphatic rings. The molecule has 0 aromatic rings. The number of hydrogen-bond acceptors (Lipinski definition) is 2. The lowest BCUT2D eigenvalue weighted by Gasteiger charge is -2.43. The second-order valence-electron chi connectivity index (χ2n) is 5.28. The van der Waals surface area contributed by atoms with Gasteiger partial charge in [-0.3, -0.25) is 0 Å². The molecule has 0 amide bonds. The van der Waals surface area contributed by atoms with Crippen molar-refractivity contribution in [1.82, 2.24) is 10.4 Å². The Kier molecular flexibility index (Phi) is 2.77. The summed E-state index contributed by atoms with van der Waals surface area (Å²) >= 11 is 0. The van der Waals surface area contributed by atoms with Gasteiger partial charge < -0.3 is 5.43 Å². The summed E-state index contributed by atoms with van der Waals surface area (Å²) in [6.07, 6.45) is 0. The first-order valence-corrected chi connectivity index (χ1v) is 5.11. The van der Waals surface area contributed by atoms with Crippen LogP contribution in [0.5, 0.6) is 0 Å². The summed E-state index contributed by atoms with van der Waals surface area (Å²) in [6, 6.07) is 0.438. The van der Waals surface area contributed by atoms with Crippen molar-refractivity contribution >= 4 is 0 Å². The molecule has 1 N–H and O–H groups in total. The van der Waals surface area contributed by atoms with E-state index in [1.165, 1.54) is 11.1 Å². The van der Waals surface area contributed by atoms with Crippen LogP contribution >= 0.6 is 0 Å². The third kappa shape index (κ3) is 1.85. The Hall–Kier alpha value is -0.760. The number of likely N-dealkylation sites (N-methyl/N-ethyl adjacent to an activating group) is 1. The van der Waals surface area contributed by atoms with E-state index >= 15 is 0 Å². The minimum atomic E-state index is 0.244. The van der Waals surface area contributed by atoms with Crippen molar-refractivity contribution in [2.24, 2.45) is 5.41 Å². The molecule has 0 saturated heterocycles. The summed E-state index contributed by atoms with van der Waals surface area (Å²) in [5.74, 6) is 0. The average Bonchev–Trinajstić information content (AvgIpc) is 1.97. The van der Waals surface area contributed by atoms with Crippen LogP contribution in [0.1, 0.15) is 34.6 Å². The van der Waals surface area contributed by atoms with E-state index in [9.17, 15) is 0 Å². The molecule has 0 bridgehead atoms. The van der Waals surface area contributed by atoms with Gasteiger partial charge in [0.2, 0.25) is 0 Å². The van der Waals surface area contributed by atoms with Gasteiger partial charge in [0.05, 0.1) is 6.04 Å². The Labute approximate surface area is 87.6 Å². The van der Waals surface area contributed by atoms with Crippen LogP contribution in [0.15, 0.2) is 23.4 Å². The van der Waals surface area contributed by atoms with Gasteiger partial charge in [-0.25, -0.2) is 5.01 Å². The van der Waals surface area contributed by atoms with Gasteiger partial charge in [0, 0.05) is 12.7 Å². The zero-order valence-electron chi connectivity index (χ0n) is 10.2. The Balaban J connectivity index is 3.13. The van der Waals surface area contributed by atoms with Crippen molar-refractivity contribution in [1.29, 1.82) is 0 Å². The first-order chi connectivity index (χ1) is 6.25. The first kappa shape index (κ1) is 11.3. The molecule has 0 aromatic carbocycles. The van der Waals surface area contributed by atoms with Crippen LogP contribution in [-0.2, 0) is 0 Å². The van der Waals surface area contributed by atoms with Gasteiger partial charge in [-0.1, -0.05) is 27.4 Å². The van der Waals surface area contributed by atoms with E-state index in [4.69, 9.17) is 0 Å². The number of nitrogens with one attached hydrogen (secondary N) is 1. The average molecular weight is 194 g/mol. The maximum Gasteiger partial charge on any atom is 0.0549 e. The van der Waals surface area contributed by atoms with Crippen LogP contribution in [0.4, 0.5) is 0 Å². The maximum atomic E-state index is 4.00. The lowest BCUT2D eigenvalue weighted by molar-refractivity contribution is 0.108. The van der Waals surface area contributed by atoms with Gasteiger partial charge in [0.25, 0.3) is 0 Å². The summed E-state index contributed by atoms with van der Waals surface area (Å²) in [7, 11) is 2.08. The quantitative estimate of drug-likeness (QED) is 0.638.